The molecule has 20 heavy (non-hydrogen) atoms. The van der Waals surface area contributed by atoms with E-state index in [1.165, 1.54) is 0 Å². The van der Waals surface area contributed by atoms with Crippen molar-refractivity contribution in [3.63, 3.8) is 0 Å². The highest BCUT2D eigenvalue weighted by Gasteiger charge is 2.37. The first-order chi connectivity index (χ1) is 9.23. The summed E-state index contributed by atoms with van der Waals surface area (Å²) < 4.78 is 37.6. The Labute approximate surface area is 118 Å². The van der Waals surface area contributed by atoms with Crippen LogP contribution in [0, 0.1) is 0 Å². The Morgan fingerprint density at radius 1 is 1.15 bits per heavy atom. The molecule has 2 aromatic rings. The van der Waals surface area contributed by atoms with Crippen LogP contribution in [0.1, 0.15) is 34.1 Å². The largest absolute Gasteiger partial charge is 0.443 e. The number of aromatic nitrogens is 1. The molecule has 0 atom stereocenters. The molecule has 0 aliphatic heterocycles. The Hall–Kier alpha value is -1.69. The van der Waals surface area contributed by atoms with Crippen molar-refractivity contribution in [3.8, 4) is 0 Å². The second kappa shape index (κ2) is 5.01. The van der Waals surface area contributed by atoms with E-state index in [9.17, 15) is 18.0 Å². The minimum Gasteiger partial charge on any atom is -0.292 e. The van der Waals surface area contributed by atoms with Crippen molar-refractivity contribution < 1.29 is 18.0 Å². The molecule has 2 rings (SSSR count). The fraction of sp³-hybridized carbons (Fsp3) is 0.286. The first-order valence-electron chi connectivity index (χ1n) is 5.86. The molecule has 1 heterocycles. The maximum absolute atomic E-state index is 12.5. The summed E-state index contributed by atoms with van der Waals surface area (Å²) in [5.41, 5.74) is -0.136. The van der Waals surface area contributed by atoms with Crippen LogP contribution in [0.3, 0.4) is 0 Å². The van der Waals surface area contributed by atoms with Crippen molar-refractivity contribution in [2.45, 2.75) is 25.4 Å². The smallest absolute Gasteiger partial charge is 0.292 e. The zero-order valence-electron chi connectivity index (χ0n) is 10.9. The van der Waals surface area contributed by atoms with Gasteiger partial charge in [-0.25, -0.2) is 4.98 Å². The molecule has 106 valence electrons. The Balaban J connectivity index is 2.34. The number of thiazole rings is 1. The number of halogens is 3. The first kappa shape index (κ1) is 14.7. The normalized spacial score (nSPS) is 12.4. The number of hydrogen-bond donors (Lipinski definition) is 0. The van der Waals surface area contributed by atoms with E-state index in [0.29, 0.717) is 11.3 Å². The third kappa shape index (κ3) is 2.75. The van der Waals surface area contributed by atoms with Crippen LogP contribution in [0.15, 0.2) is 36.5 Å². The van der Waals surface area contributed by atoms with Gasteiger partial charge >= 0.3 is 6.18 Å². The summed E-state index contributed by atoms with van der Waals surface area (Å²) in [6.45, 7) is 3.38. The summed E-state index contributed by atoms with van der Waals surface area (Å²) in [7, 11) is 0. The van der Waals surface area contributed by atoms with E-state index in [-0.39, 0.29) is 10.7 Å². The van der Waals surface area contributed by atoms with Crippen LogP contribution in [-0.4, -0.2) is 10.8 Å². The van der Waals surface area contributed by atoms with E-state index in [1.807, 2.05) is 6.07 Å². The van der Waals surface area contributed by atoms with E-state index in [4.69, 9.17) is 0 Å². The van der Waals surface area contributed by atoms with Crippen LogP contribution in [0.5, 0.6) is 0 Å². The van der Waals surface area contributed by atoms with Gasteiger partial charge in [0.05, 0.1) is 10.3 Å². The van der Waals surface area contributed by atoms with Crippen molar-refractivity contribution >= 4 is 17.1 Å². The summed E-state index contributed by atoms with van der Waals surface area (Å²) >= 11 is 0.384. The van der Waals surface area contributed by atoms with Gasteiger partial charge in [-0.15, -0.1) is 11.3 Å². The van der Waals surface area contributed by atoms with Crippen LogP contribution in [0.2, 0.25) is 0 Å². The molecule has 0 fully saturated rings. The average Bonchev–Trinajstić information content (AvgIpc) is 2.88. The van der Waals surface area contributed by atoms with Crippen LogP contribution < -0.4 is 0 Å². The topological polar surface area (TPSA) is 30.0 Å². The predicted octanol–water partition coefficient (Wildman–Crippen LogP) is 4.32. The molecule has 0 amide bonds. The molecule has 0 spiro atoms. The zero-order chi connectivity index (χ0) is 15.0. The van der Waals surface area contributed by atoms with Crippen molar-refractivity contribution in [2.24, 2.45) is 0 Å². The van der Waals surface area contributed by atoms with Crippen molar-refractivity contribution in [2.75, 3.05) is 0 Å². The SMILES string of the molecule is CC(C)(C(=O)c1cnc(C(F)(F)F)s1)c1ccccc1. The fourth-order valence-electron chi connectivity index (χ4n) is 1.80. The Bertz CT molecular complexity index is 617. The molecule has 0 N–H and O–H groups in total. The molecule has 1 aromatic carbocycles. The summed E-state index contributed by atoms with van der Waals surface area (Å²) in [5.74, 6) is -0.364. The van der Waals surface area contributed by atoms with Crippen molar-refractivity contribution in [3.05, 3.63) is 52.0 Å². The molecule has 2 nitrogen and oxygen atoms in total. The third-order valence-corrected chi connectivity index (χ3v) is 4.08. The number of nitrogens with zero attached hydrogens (tertiary/aromatic N) is 1. The molecule has 0 aliphatic rings. The number of Topliss-reactive ketones (excluding diaryl/α,β-unsaturated/α-hetero) is 1. The van der Waals surface area contributed by atoms with Crippen molar-refractivity contribution in [1.29, 1.82) is 0 Å². The average molecular weight is 299 g/mol. The van der Waals surface area contributed by atoms with E-state index in [1.54, 1.807) is 38.1 Å². The van der Waals surface area contributed by atoms with Gasteiger partial charge in [0.25, 0.3) is 0 Å². The van der Waals surface area contributed by atoms with Crippen LogP contribution in [0.25, 0.3) is 0 Å². The molecular weight excluding hydrogens is 287 g/mol. The lowest BCUT2D eigenvalue weighted by molar-refractivity contribution is -0.137. The van der Waals surface area contributed by atoms with Gasteiger partial charge in [0, 0.05) is 6.20 Å². The van der Waals surface area contributed by atoms with E-state index in [0.717, 1.165) is 11.8 Å². The van der Waals surface area contributed by atoms with Gasteiger partial charge in [0.15, 0.2) is 10.8 Å². The number of carbonyl (C=O) groups excluding carboxylic acids is 1. The Morgan fingerprint density at radius 2 is 1.75 bits per heavy atom. The number of carbonyl (C=O) groups is 1. The highest BCUT2D eigenvalue weighted by molar-refractivity contribution is 7.13. The second-order valence-corrected chi connectivity index (χ2v) is 5.88. The molecule has 0 radical (unpaired) electrons. The molecule has 6 heteroatoms. The molecule has 0 saturated heterocycles. The lowest BCUT2D eigenvalue weighted by atomic mass is 9.80. The van der Waals surface area contributed by atoms with Gasteiger partial charge in [0.1, 0.15) is 0 Å². The molecular formula is C14H12F3NOS. The zero-order valence-corrected chi connectivity index (χ0v) is 11.7. The summed E-state index contributed by atoms with van der Waals surface area (Å²) in [6, 6.07) is 8.96. The minimum absolute atomic E-state index is 0.0196. The summed E-state index contributed by atoms with van der Waals surface area (Å²) in [5, 5.41) is -0.996. The first-order valence-corrected chi connectivity index (χ1v) is 6.68. The number of alkyl halides is 3. The van der Waals surface area contributed by atoms with Crippen LogP contribution >= 0.6 is 11.3 Å². The maximum atomic E-state index is 12.5. The lowest BCUT2D eigenvalue weighted by Crippen LogP contribution is -2.28. The minimum atomic E-state index is -4.51. The van der Waals surface area contributed by atoms with Gasteiger partial charge in [0.2, 0.25) is 0 Å². The molecule has 0 saturated carbocycles. The third-order valence-electron chi connectivity index (χ3n) is 3.04. The van der Waals surface area contributed by atoms with E-state index < -0.39 is 16.6 Å². The number of ketones is 1. The number of benzene rings is 1. The summed E-state index contributed by atoms with van der Waals surface area (Å²) in [6.07, 6.45) is -3.51. The molecule has 0 bridgehead atoms. The van der Waals surface area contributed by atoms with Gasteiger partial charge in [-0.05, 0) is 19.4 Å². The van der Waals surface area contributed by atoms with Gasteiger partial charge < -0.3 is 0 Å². The van der Waals surface area contributed by atoms with Gasteiger partial charge in [-0.3, -0.25) is 4.79 Å². The van der Waals surface area contributed by atoms with Gasteiger partial charge in [-0.1, -0.05) is 30.3 Å². The fourth-order valence-corrected chi connectivity index (χ4v) is 2.69. The lowest BCUT2D eigenvalue weighted by Gasteiger charge is -2.22. The molecule has 0 unspecified atom stereocenters. The quantitative estimate of drug-likeness (QED) is 0.790. The maximum Gasteiger partial charge on any atom is 0.443 e. The number of hydrogen-bond acceptors (Lipinski definition) is 3. The number of rotatable bonds is 3. The van der Waals surface area contributed by atoms with Gasteiger partial charge in [-0.2, -0.15) is 13.2 Å². The monoisotopic (exact) mass is 299 g/mol. The van der Waals surface area contributed by atoms with E-state index in [2.05, 4.69) is 4.98 Å². The highest BCUT2D eigenvalue weighted by Crippen LogP contribution is 2.35. The Morgan fingerprint density at radius 3 is 2.25 bits per heavy atom. The predicted molar refractivity (Wildman–Crippen MR) is 70.9 cm³/mol. The Kier molecular flexibility index (Phi) is 3.69. The van der Waals surface area contributed by atoms with Crippen LogP contribution in [0.4, 0.5) is 13.2 Å². The molecule has 0 aliphatic carbocycles. The van der Waals surface area contributed by atoms with E-state index >= 15 is 0 Å². The standard InChI is InChI=1S/C14H12F3NOS/c1-13(2,9-6-4-3-5-7-9)11(19)10-8-18-12(20-10)14(15,16)17/h3-8H,1-2H3. The molecule has 1 aromatic heterocycles. The van der Waals surface area contributed by atoms with Crippen molar-refractivity contribution in [1.82, 2.24) is 4.98 Å². The second-order valence-electron chi connectivity index (χ2n) is 4.85. The summed E-state index contributed by atoms with van der Waals surface area (Å²) in [4.78, 5) is 15.7. The van der Waals surface area contributed by atoms with Crippen LogP contribution in [-0.2, 0) is 11.6 Å². The highest BCUT2D eigenvalue weighted by atomic mass is 32.1.